The third kappa shape index (κ3) is 5.22. The van der Waals surface area contributed by atoms with E-state index in [9.17, 15) is 14.0 Å². The van der Waals surface area contributed by atoms with E-state index in [4.69, 9.17) is 0 Å². The van der Waals surface area contributed by atoms with Crippen LogP contribution < -0.4 is 5.32 Å². The van der Waals surface area contributed by atoms with Crippen LogP contribution in [0.15, 0.2) is 60.9 Å². The number of nitrogens with one attached hydrogen (secondary N) is 1. The molecule has 0 saturated carbocycles. The molecule has 166 valence electrons. The molecular formula is C25H27FN4O2. The second kappa shape index (κ2) is 9.77. The van der Waals surface area contributed by atoms with E-state index in [0.29, 0.717) is 38.9 Å². The van der Waals surface area contributed by atoms with Gasteiger partial charge in [0.2, 0.25) is 11.8 Å². The van der Waals surface area contributed by atoms with Crippen LogP contribution in [0.4, 0.5) is 4.39 Å². The van der Waals surface area contributed by atoms with Gasteiger partial charge in [-0.05, 0) is 49.1 Å². The number of piperidine rings is 1. The van der Waals surface area contributed by atoms with Crippen molar-refractivity contribution in [2.75, 3.05) is 13.1 Å². The fraction of sp³-hybridized carbons (Fsp3) is 0.320. The fourth-order valence-corrected chi connectivity index (χ4v) is 4.04. The maximum Gasteiger partial charge on any atom is 0.225 e. The summed E-state index contributed by atoms with van der Waals surface area (Å²) >= 11 is 0. The molecule has 1 unspecified atom stereocenters. The largest absolute Gasteiger partial charge is 0.352 e. The smallest absolute Gasteiger partial charge is 0.225 e. The standard InChI is InChI=1S/C25H27FN4O2/c1-18-5-2-3-8-23(18)30-16-20(15-28-30)14-27-25(32)21-9-10-24(31)29(17-21)12-11-19-6-4-7-22(26)13-19/h2-8,13,15-16,21H,9-12,14,17H2,1H3,(H,27,32). The Hall–Kier alpha value is -3.48. The van der Waals surface area contributed by atoms with Crippen LogP contribution in [0.5, 0.6) is 0 Å². The van der Waals surface area contributed by atoms with E-state index in [-0.39, 0.29) is 23.5 Å². The van der Waals surface area contributed by atoms with Gasteiger partial charge in [0.15, 0.2) is 0 Å². The molecule has 32 heavy (non-hydrogen) atoms. The lowest BCUT2D eigenvalue weighted by Gasteiger charge is -2.32. The van der Waals surface area contributed by atoms with Crippen molar-refractivity contribution in [3.05, 3.63) is 83.4 Å². The number of halogens is 1. The molecular weight excluding hydrogens is 407 g/mol. The van der Waals surface area contributed by atoms with Crippen LogP contribution >= 0.6 is 0 Å². The molecule has 1 aliphatic rings. The summed E-state index contributed by atoms with van der Waals surface area (Å²) in [5.41, 5.74) is 3.88. The molecule has 0 bridgehead atoms. The normalized spacial score (nSPS) is 16.2. The van der Waals surface area contributed by atoms with E-state index in [1.807, 2.05) is 48.1 Å². The van der Waals surface area contributed by atoms with Crippen molar-refractivity contribution in [3.63, 3.8) is 0 Å². The third-order valence-electron chi connectivity index (χ3n) is 5.90. The highest BCUT2D eigenvalue weighted by molar-refractivity contribution is 5.83. The number of para-hydroxylation sites is 1. The van der Waals surface area contributed by atoms with Gasteiger partial charge in [-0.15, -0.1) is 0 Å². The Kier molecular flexibility index (Phi) is 6.63. The summed E-state index contributed by atoms with van der Waals surface area (Å²) in [6, 6.07) is 14.4. The second-order valence-corrected chi connectivity index (χ2v) is 8.25. The summed E-state index contributed by atoms with van der Waals surface area (Å²) in [7, 11) is 0. The van der Waals surface area contributed by atoms with Crippen LogP contribution in [-0.2, 0) is 22.6 Å². The van der Waals surface area contributed by atoms with Crippen LogP contribution in [-0.4, -0.2) is 39.6 Å². The number of rotatable bonds is 7. The van der Waals surface area contributed by atoms with E-state index < -0.39 is 0 Å². The van der Waals surface area contributed by atoms with Gasteiger partial charge in [0, 0.05) is 37.8 Å². The van der Waals surface area contributed by atoms with Crippen molar-refractivity contribution in [2.24, 2.45) is 5.92 Å². The first-order chi connectivity index (χ1) is 15.5. The average Bonchev–Trinajstić information content (AvgIpc) is 3.26. The van der Waals surface area contributed by atoms with Crippen molar-refractivity contribution >= 4 is 11.8 Å². The Morgan fingerprint density at radius 1 is 1.19 bits per heavy atom. The molecule has 2 amide bonds. The van der Waals surface area contributed by atoms with Gasteiger partial charge in [0.1, 0.15) is 5.82 Å². The number of carbonyl (C=O) groups is 2. The van der Waals surface area contributed by atoms with Crippen molar-refractivity contribution in [1.29, 1.82) is 0 Å². The van der Waals surface area contributed by atoms with Crippen molar-refractivity contribution in [1.82, 2.24) is 20.0 Å². The number of aryl methyl sites for hydroxylation is 1. The molecule has 1 aromatic heterocycles. The zero-order chi connectivity index (χ0) is 22.5. The van der Waals surface area contributed by atoms with E-state index in [2.05, 4.69) is 10.4 Å². The highest BCUT2D eigenvalue weighted by Gasteiger charge is 2.29. The number of hydrogen-bond donors (Lipinski definition) is 1. The maximum atomic E-state index is 13.4. The Balaban J connectivity index is 1.30. The molecule has 1 saturated heterocycles. The minimum Gasteiger partial charge on any atom is -0.352 e. The molecule has 0 aliphatic carbocycles. The highest BCUT2D eigenvalue weighted by atomic mass is 19.1. The molecule has 1 N–H and O–H groups in total. The van der Waals surface area contributed by atoms with Gasteiger partial charge in [-0.2, -0.15) is 5.10 Å². The quantitative estimate of drug-likeness (QED) is 0.620. The Morgan fingerprint density at radius 2 is 2.03 bits per heavy atom. The lowest BCUT2D eigenvalue weighted by atomic mass is 9.96. The van der Waals surface area contributed by atoms with Gasteiger partial charge >= 0.3 is 0 Å². The van der Waals surface area contributed by atoms with Crippen molar-refractivity contribution < 1.29 is 14.0 Å². The van der Waals surface area contributed by atoms with E-state index >= 15 is 0 Å². The average molecular weight is 435 g/mol. The van der Waals surface area contributed by atoms with Crippen molar-refractivity contribution in [3.8, 4) is 5.69 Å². The summed E-state index contributed by atoms with van der Waals surface area (Å²) in [5, 5.41) is 7.39. The number of likely N-dealkylation sites (tertiary alicyclic amines) is 1. The number of hydrogen-bond acceptors (Lipinski definition) is 3. The first-order valence-corrected chi connectivity index (χ1v) is 10.9. The number of aromatic nitrogens is 2. The predicted octanol–water partition coefficient (Wildman–Crippen LogP) is 3.42. The number of amides is 2. The molecule has 2 aromatic carbocycles. The van der Waals surface area contributed by atoms with E-state index in [1.54, 1.807) is 17.2 Å². The summed E-state index contributed by atoms with van der Waals surface area (Å²) in [4.78, 5) is 26.8. The molecule has 7 heteroatoms. The summed E-state index contributed by atoms with van der Waals surface area (Å²) < 4.78 is 15.2. The minimum atomic E-state index is -0.282. The van der Waals surface area contributed by atoms with Crippen LogP contribution in [0.2, 0.25) is 0 Å². The molecule has 0 radical (unpaired) electrons. The molecule has 0 spiro atoms. The van der Waals surface area contributed by atoms with Gasteiger partial charge < -0.3 is 10.2 Å². The van der Waals surface area contributed by atoms with Gasteiger partial charge in [0.25, 0.3) is 0 Å². The molecule has 2 heterocycles. The summed E-state index contributed by atoms with van der Waals surface area (Å²) in [6.45, 7) is 3.29. The summed E-state index contributed by atoms with van der Waals surface area (Å²) in [6.07, 6.45) is 5.13. The monoisotopic (exact) mass is 434 g/mol. The SMILES string of the molecule is Cc1ccccc1-n1cc(CNC(=O)C2CCC(=O)N(CCc3cccc(F)c3)C2)cn1. The Labute approximate surface area is 187 Å². The molecule has 6 nitrogen and oxygen atoms in total. The van der Waals surface area contributed by atoms with Gasteiger partial charge in [0.05, 0.1) is 17.8 Å². The van der Waals surface area contributed by atoms with Crippen LogP contribution in [0.1, 0.15) is 29.5 Å². The van der Waals surface area contributed by atoms with Crippen molar-refractivity contribution in [2.45, 2.75) is 32.7 Å². The predicted molar refractivity (Wildman–Crippen MR) is 120 cm³/mol. The van der Waals surface area contributed by atoms with E-state index in [0.717, 1.165) is 22.4 Å². The third-order valence-corrected chi connectivity index (χ3v) is 5.90. The van der Waals surface area contributed by atoms with Crippen LogP contribution in [0, 0.1) is 18.7 Å². The van der Waals surface area contributed by atoms with Gasteiger partial charge in [-0.1, -0.05) is 30.3 Å². The number of benzene rings is 2. The van der Waals surface area contributed by atoms with Crippen LogP contribution in [0.25, 0.3) is 5.69 Å². The van der Waals surface area contributed by atoms with Gasteiger partial charge in [-0.3, -0.25) is 9.59 Å². The zero-order valence-corrected chi connectivity index (χ0v) is 18.1. The molecule has 1 aliphatic heterocycles. The molecule has 1 fully saturated rings. The first kappa shape index (κ1) is 21.7. The van der Waals surface area contributed by atoms with E-state index in [1.165, 1.54) is 12.1 Å². The maximum absolute atomic E-state index is 13.4. The number of nitrogens with zero attached hydrogens (tertiary/aromatic N) is 3. The van der Waals surface area contributed by atoms with Crippen LogP contribution in [0.3, 0.4) is 0 Å². The van der Waals surface area contributed by atoms with Gasteiger partial charge in [-0.25, -0.2) is 9.07 Å². The Morgan fingerprint density at radius 3 is 2.84 bits per heavy atom. The zero-order valence-electron chi connectivity index (χ0n) is 18.1. The molecule has 3 aromatic rings. The second-order valence-electron chi connectivity index (χ2n) is 8.25. The Bertz CT molecular complexity index is 1110. The summed E-state index contributed by atoms with van der Waals surface area (Å²) in [5.74, 6) is -0.538. The molecule has 1 atom stereocenters. The minimum absolute atomic E-state index is 0.0463. The number of carbonyl (C=O) groups excluding carboxylic acids is 2. The topological polar surface area (TPSA) is 67.2 Å². The lowest BCUT2D eigenvalue weighted by Crippen LogP contribution is -2.46. The fourth-order valence-electron chi connectivity index (χ4n) is 4.04. The lowest BCUT2D eigenvalue weighted by molar-refractivity contribution is -0.138. The molecule has 4 rings (SSSR count). The first-order valence-electron chi connectivity index (χ1n) is 10.9. The highest BCUT2D eigenvalue weighted by Crippen LogP contribution is 2.19.